The van der Waals surface area contributed by atoms with Gasteiger partial charge in [-0.05, 0) is 83.2 Å². The average molecular weight is 529 g/mol. The normalized spacial score (nSPS) is 18.8. The molecule has 1 saturated heterocycles. The SMILES string of the molecule is O=C1/C(=C/c2ccc(Sc3nnnn3-c3ccccc3)o2)SC(=Nc2ccccc2)N1C1CCCCC1. The van der Waals surface area contributed by atoms with Gasteiger partial charge < -0.3 is 4.42 Å². The fourth-order valence-corrected chi connectivity index (χ4v) is 6.30. The Morgan fingerprint density at radius 3 is 2.51 bits per heavy atom. The predicted molar refractivity (Wildman–Crippen MR) is 145 cm³/mol. The Balaban J connectivity index is 1.25. The lowest BCUT2D eigenvalue weighted by atomic mass is 9.94. The summed E-state index contributed by atoms with van der Waals surface area (Å²) in [5.74, 6) is 0.590. The Morgan fingerprint density at radius 2 is 1.73 bits per heavy atom. The van der Waals surface area contributed by atoms with E-state index in [0.29, 0.717) is 20.9 Å². The summed E-state index contributed by atoms with van der Waals surface area (Å²) < 4.78 is 7.71. The van der Waals surface area contributed by atoms with Crippen LogP contribution >= 0.6 is 23.5 Å². The van der Waals surface area contributed by atoms with Crippen LogP contribution in [0, 0.1) is 0 Å². The fraction of sp³-hybridized carbons (Fsp3) is 0.222. The van der Waals surface area contributed by atoms with Gasteiger partial charge in [0.05, 0.1) is 16.3 Å². The van der Waals surface area contributed by atoms with Gasteiger partial charge in [0.15, 0.2) is 10.3 Å². The molecule has 0 spiro atoms. The Labute approximate surface area is 222 Å². The van der Waals surface area contributed by atoms with Gasteiger partial charge >= 0.3 is 0 Å². The molecule has 37 heavy (non-hydrogen) atoms. The standard InChI is InChI=1S/C27H24N6O2S2/c34-25-23(36-26(28-19-10-4-1-5-11-19)32(25)20-12-6-2-7-13-20)18-22-16-17-24(35-22)37-27-29-30-31-33(27)21-14-8-3-9-15-21/h1,3-5,8-11,14-18,20H,2,6-7,12-13H2/b23-18-,28-26?. The summed E-state index contributed by atoms with van der Waals surface area (Å²) in [6, 6.07) is 23.4. The van der Waals surface area contributed by atoms with Crippen molar-refractivity contribution in [1.29, 1.82) is 0 Å². The number of carbonyl (C=O) groups is 1. The van der Waals surface area contributed by atoms with Crippen molar-refractivity contribution < 1.29 is 9.21 Å². The van der Waals surface area contributed by atoms with Crippen molar-refractivity contribution in [1.82, 2.24) is 25.1 Å². The molecule has 3 heterocycles. The van der Waals surface area contributed by atoms with E-state index in [1.165, 1.54) is 29.9 Å². The number of aromatic nitrogens is 4. The van der Waals surface area contributed by atoms with E-state index in [1.54, 1.807) is 10.8 Å². The molecule has 1 saturated carbocycles. The van der Waals surface area contributed by atoms with E-state index in [-0.39, 0.29) is 11.9 Å². The van der Waals surface area contributed by atoms with Crippen LogP contribution in [-0.4, -0.2) is 42.2 Å². The number of thioether (sulfide) groups is 1. The van der Waals surface area contributed by atoms with Gasteiger partial charge in [-0.3, -0.25) is 9.69 Å². The summed E-state index contributed by atoms with van der Waals surface area (Å²) in [5, 5.41) is 14.0. The molecule has 1 amide bonds. The second-order valence-corrected chi connectivity index (χ2v) is 10.8. The van der Waals surface area contributed by atoms with Gasteiger partial charge in [-0.1, -0.05) is 55.7 Å². The molecule has 10 heteroatoms. The fourth-order valence-electron chi connectivity index (χ4n) is 4.50. The quantitative estimate of drug-likeness (QED) is 0.270. The first kappa shape index (κ1) is 23.7. The van der Waals surface area contributed by atoms with Crippen LogP contribution < -0.4 is 0 Å². The number of aliphatic imine (C=N–C) groups is 1. The van der Waals surface area contributed by atoms with E-state index in [0.717, 1.165) is 42.2 Å². The van der Waals surface area contributed by atoms with Crippen molar-refractivity contribution in [3.63, 3.8) is 0 Å². The Hall–Kier alpha value is -3.63. The van der Waals surface area contributed by atoms with Crippen molar-refractivity contribution in [2.75, 3.05) is 0 Å². The van der Waals surface area contributed by atoms with Gasteiger partial charge in [-0.15, -0.1) is 5.10 Å². The minimum atomic E-state index is -0.00907. The molecule has 2 aliphatic rings. The lowest BCUT2D eigenvalue weighted by Crippen LogP contribution is -2.40. The maximum absolute atomic E-state index is 13.6. The van der Waals surface area contributed by atoms with E-state index < -0.39 is 0 Å². The van der Waals surface area contributed by atoms with E-state index in [2.05, 4.69) is 15.5 Å². The molecule has 1 aliphatic heterocycles. The predicted octanol–water partition coefficient (Wildman–Crippen LogP) is 6.34. The zero-order valence-electron chi connectivity index (χ0n) is 19.9. The molecule has 0 atom stereocenters. The van der Waals surface area contributed by atoms with Crippen LogP contribution in [0.2, 0.25) is 0 Å². The van der Waals surface area contributed by atoms with Gasteiger partial charge in [0, 0.05) is 12.1 Å². The monoisotopic (exact) mass is 528 g/mol. The van der Waals surface area contributed by atoms with Crippen LogP contribution in [-0.2, 0) is 4.79 Å². The maximum atomic E-state index is 13.6. The highest BCUT2D eigenvalue weighted by molar-refractivity contribution is 8.18. The van der Waals surface area contributed by atoms with Crippen LogP contribution in [0.3, 0.4) is 0 Å². The van der Waals surface area contributed by atoms with E-state index in [1.807, 2.05) is 77.7 Å². The summed E-state index contributed by atoms with van der Waals surface area (Å²) in [5.41, 5.74) is 1.71. The maximum Gasteiger partial charge on any atom is 0.267 e. The highest BCUT2D eigenvalue weighted by Gasteiger charge is 2.38. The van der Waals surface area contributed by atoms with Gasteiger partial charge in [-0.25, -0.2) is 4.99 Å². The average Bonchev–Trinajstić information content (AvgIpc) is 3.66. The highest BCUT2D eigenvalue weighted by Crippen LogP contribution is 2.39. The van der Waals surface area contributed by atoms with E-state index in [9.17, 15) is 4.79 Å². The van der Waals surface area contributed by atoms with Crippen molar-refractivity contribution >= 4 is 46.4 Å². The number of para-hydroxylation sites is 2. The lowest BCUT2D eigenvalue weighted by molar-refractivity contribution is -0.124. The zero-order chi connectivity index (χ0) is 25.0. The van der Waals surface area contributed by atoms with Crippen LogP contribution in [0.25, 0.3) is 11.8 Å². The van der Waals surface area contributed by atoms with E-state index >= 15 is 0 Å². The number of hydrogen-bond acceptors (Lipinski definition) is 8. The molecule has 186 valence electrons. The number of benzene rings is 2. The largest absolute Gasteiger partial charge is 0.450 e. The van der Waals surface area contributed by atoms with Gasteiger partial charge in [0.1, 0.15) is 5.76 Å². The molecular weight excluding hydrogens is 504 g/mol. The third-order valence-electron chi connectivity index (χ3n) is 6.27. The molecular formula is C27H24N6O2S2. The van der Waals surface area contributed by atoms with Crippen LogP contribution in [0.15, 0.2) is 97.4 Å². The Morgan fingerprint density at radius 1 is 0.973 bits per heavy atom. The molecule has 0 N–H and O–H groups in total. The number of hydrogen-bond donors (Lipinski definition) is 0. The number of furan rings is 1. The summed E-state index contributed by atoms with van der Waals surface area (Å²) >= 11 is 2.73. The number of amidine groups is 1. The van der Waals surface area contributed by atoms with E-state index in [4.69, 9.17) is 9.41 Å². The number of carbonyl (C=O) groups excluding carboxylic acids is 1. The number of tetrazole rings is 1. The molecule has 1 aliphatic carbocycles. The number of rotatable bonds is 6. The van der Waals surface area contributed by atoms with Crippen LogP contribution in [0.5, 0.6) is 0 Å². The lowest BCUT2D eigenvalue weighted by Gasteiger charge is -2.30. The van der Waals surface area contributed by atoms with Crippen molar-refractivity contribution in [2.45, 2.75) is 48.4 Å². The van der Waals surface area contributed by atoms with Gasteiger partial charge in [-0.2, -0.15) is 4.68 Å². The number of amides is 1. The van der Waals surface area contributed by atoms with Crippen LogP contribution in [0.4, 0.5) is 5.69 Å². The molecule has 4 aromatic rings. The molecule has 0 unspecified atom stereocenters. The molecule has 6 rings (SSSR count). The Bertz CT molecular complexity index is 1440. The van der Waals surface area contributed by atoms with Gasteiger partial charge in [0.2, 0.25) is 5.16 Å². The second-order valence-electron chi connectivity index (χ2n) is 8.78. The summed E-state index contributed by atoms with van der Waals surface area (Å²) in [6.45, 7) is 0. The smallest absolute Gasteiger partial charge is 0.267 e. The first-order valence-corrected chi connectivity index (χ1v) is 13.9. The molecule has 2 aromatic carbocycles. The van der Waals surface area contributed by atoms with Gasteiger partial charge in [0.25, 0.3) is 5.91 Å². The second kappa shape index (κ2) is 10.8. The topological polar surface area (TPSA) is 89.4 Å². The van der Waals surface area contributed by atoms with Crippen LogP contribution in [0.1, 0.15) is 37.9 Å². The summed E-state index contributed by atoms with van der Waals surface area (Å²) in [7, 11) is 0. The molecule has 2 fully saturated rings. The third-order valence-corrected chi connectivity index (χ3v) is 8.11. The molecule has 2 aromatic heterocycles. The van der Waals surface area contributed by atoms with Crippen molar-refractivity contribution in [3.05, 3.63) is 83.5 Å². The minimum Gasteiger partial charge on any atom is -0.450 e. The van der Waals surface area contributed by atoms with Crippen molar-refractivity contribution in [3.8, 4) is 5.69 Å². The first-order valence-electron chi connectivity index (χ1n) is 12.2. The summed E-state index contributed by atoms with van der Waals surface area (Å²) in [6.07, 6.45) is 7.31. The third kappa shape index (κ3) is 5.26. The number of nitrogens with zero attached hydrogens (tertiary/aromatic N) is 6. The first-order chi connectivity index (χ1) is 18.2. The molecule has 0 bridgehead atoms. The molecule has 0 radical (unpaired) electrons. The zero-order valence-corrected chi connectivity index (χ0v) is 21.6. The minimum absolute atomic E-state index is 0.00907. The molecule has 8 nitrogen and oxygen atoms in total. The highest BCUT2D eigenvalue weighted by atomic mass is 32.2. The Kier molecular flexibility index (Phi) is 6.92. The summed E-state index contributed by atoms with van der Waals surface area (Å²) in [4.78, 5) is 20.9. The van der Waals surface area contributed by atoms with Crippen molar-refractivity contribution in [2.24, 2.45) is 4.99 Å².